The van der Waals surface area contributed by atoms with E-state index in [2.05, 4.69) is 55.3 Å². The predicted octanol–water partition coefficient (Wildman–Crippen LogP) is 5.14. The SMILES string of the molecule is C=CC(/C=C\C1=C(NC=O)CCC=C1)=C(\C=C/C)CCCC. The maximum atomic E-state index is 10.7. The Labute approximate surface area is 134 Å². The summed E-state index contributed by atoms with van der Waals surface area (Å²) in [5.41, 5.74) is 4.50. The summed E-state index contributed by atoms with van der Waals surface area (Å²) in [4.78, 5) is 10.7. The van der Waals surface area contributed by atoms with Crippen LogP contribution >= 0.6 is 0 Å². The van der Waals surface area contributed by atoms with Crippen LogP contribution in [0.15, 0.2) is 71.5 Å². The van der Waals surface area contributed by atoms with Gasteiger partial charge in [0.15, 0.2) is 0 Å². The first-order valence-corrected chi connectivity index (χ1v) is 8.03. The molecule has 2 nitrogen and oxygen atoms in total. The van der Waals surface area contributed by atoms with Gasteiger partial charge in [-0.25, -0.2) is 0 Å². The molecule has 0 aliphatic heterocycles. The number of carbonyl (C=O) groups is 1. The number of nitrogens with one attached hydrogen (secondary N) is 1. The molecule has 2 heteroatoms. The Hall–Kier alpha value is -2.09. The van der Waals surface area contributed by atoms with E-state index in [4.69, 9.17) is 0 Å². The van der Waals surface area contributed by atoms with Crippen LogP contribution < -0.4 is 5.32 Å². The Bertz CT molecular complexity index is 530. The molecule has 1 aliphatic carbocycles. The fourth-order valence-corrected chi connectivity index (χ4v) is 2.44. The van der Waals surface area contributed by atoms with E-state index >= 15 is 0 Å². The zero-order valence-corrected chi connectivity index (χ0v) is 13.8. The van der Waals surface area contributed by atoms with Gasteiger partial charge >= 0.3 is 0 Å². The average Bonchev–Trinajstić information content (AvgIpc) is 2.54. The van der Waals surface area contributed by atoms with Crippen LogP contribution in [0.4, 0.5) is 0 Å². The summed E-state index contributed by atoms with van der Waals surface area (Å²) in [6.07, 6.45) is 20.5. The number of carbonyl (C=O) groups excluding carboxylic acids is 1. The molecule has 1 rings (SSSR count). The third-order valence-corrected chi connectivity index (χ3v) is 3.64. The zero-order valence-electron chi connectivity index (χ0n) is 13.8. The Morgan fingerprint density at radius 2 is 2.23 bits per heavy atom. The third kappa shape index (κ3) is 5.72. The largest absolute Gasteiger partial charge is 0.332 e. The van der Waals surface area contributed by atoms with Crippen molar-refractivity contribution < 1.29 is 4.79 Å². The standard InChI is InChI=1S/C20H27NO/c1-4-7-11-18(10-5-2)17(6-3)14-15-19-12-8-9-13-20(19)21-16-22/h5-6,8,10,12,14-16H,3-4,7,9,11,13H2,1-2H3,(H,21,22)/b10-5-,15-14-,18-17-. The highest BCUT2D eigenvalue weighted by atomic mass is 16.1. The topological polar surface area (TPSA) is 29.1 Å². The maximum absolute atomic E-state index is 10.7. The molecule has 0 heterocycles. The monoisotopic (exact) mass is 297 g/mol. The molecular weight excluding hydrogens is 270 g/mol. The molecule has 1 amide bonds. The van der Waals surface area contributed by atoms with Gasteiger partial charge in [-0.1, -0.05) is 62.5 Å². The normalized spacial score (nSPS) is 16.3. The first kappa shape index (κ1) is 18.0. The third-order valence-electron chi connectivity index (χ3n) is 3.64. The van der Waals surface area contributed by atoms with Crippen molar-refractivity contribution in [2.75, 3.05) is 0 Å². The zero-order chi connectivity index (χ0) is 16.2. The van der Waals surface area contributed by atoms with Gasteiger partial charge in [0.2, 0.25) is 6.41 Å². The van der Waals surface area contributed by atoms with E-state index in [9.17, 15) is 4.79 Å². The average molecular weight is 297 g/mol. The Morgan fingerprint density at radius 1 is 1.41 bits per heavy atom. The van der Waals surface area contributed by atoms with Crippen LogP contribution in [-0.2, 0) is 4.79 Å². The molecule has 118 valence electrons. The van der Waals surface area contributed by atoms with Crippen molar-refractivity contribution in [3.63, 3.8) is 0 Å². The molecule has 0 bridgehead atoms. The Balaban J connectivity index is 3.06. The molecule has 22 heavy (non-hydrogen) atoms. The number of unbranched alkanes of at least 4 members (excludes halogenated alkanes) is 1. The van der Waals surface area contributed by atoms with Gasteiger partial charge in [0.1, 0.15) is 0 Å². The summed E-state index contributed by atoms with van der Waals surface area (Å²) in [5, 5.41) is 2.81. The molecule has 0 spiro atoms. The van der Waals surface area contributed by atoms with Crippen LogP contribution in [0.2, 0.25) is 0 Å². The van der Waals surface area contributed by atoms with E-state index < -0.39 is 0 Å². The van der Waals surface area contributed by atoms with Gasteiger partial charge in [-0.3, -0.25) is 4.79 Å². The van der Waals surface area contributed by atoms with Crippen molar-refractivity contribution in [2.45, 2.75) is 46.0 Å². The molecule has 1 N–H and O–H groups in total. The van der Waals surface area contributed by atoms with E-state index in [1.54, 1.807) is 0 Å². The lowest BCUT2D eigenvalue weighted by molar-refractivity contribution is -0.109. The highest BCUT2D eigenvalue weighted by molar-refractivity contribution is 5.54. The molecule has 0 saturated heterocycles. The molecule has 0 aromatic rings. The maximum Gasteiger partial charge on any atom is 0.211 e. The Morgan fingerprint density at radius 3 is 2.86 bits per heavy atom. The van der Waals surface area contributed by atoms with Gasteiger partial charge in [0.25, 0.3) is 0 Å². The minimum Gasteiger partial charge on any atom is -0.332 e. The number of amides is 1. The van der Waals surface area contributed by atoms with Crippen molar-refractivity contribution >= 4 is 6.41 Å². The summed E-state index contributed by atoms with van der Waals surface area (Å²) >= 11 is 0. The van der Waals surface area contributed by atoms with Crippen LogP contribution in [0, 0.1) is 0 Å². The molecule has 0 fully saturated rings. The second kappa shape index (κ2) is 10.6. The van der Waals surface area contributed by atoms with Crippen molar-refractivity contribution in [3.05, 3.63) is 71.5 Å². The van der Waals surface area contributed by atoms with Crippen LogP contribution in [0.25, 0.3) is 0 Å². The molecule has 0 unspecified atom stereocenters. The number of hydrogen-bond donors (Lipinski definition) is 1. The number of hydrogen-bond acceptors (Lipinski definition) is 1. The lowest BCUT2D eigenvalue weighted by Crippen LogP contribution is -2.13. The summed E-state index contributed by atoms with van der Waals surface area (Å²) in [6.45, 7) is 8.18. The summed E-state index contributed by atoms with van der Waals surface area (Å²) in [6, 6.07) is 0. The minimum atomic E-state index is 0.749. The van der Waals surface area contributed by atoms with Gasteiger partial charge in [0, 0.05) is 5.70 Å². The van der Waals surface area contributed by atoms with Crippen LogP contribution in [0.5, 0.6) is 0 Å². The molecule has 0 atom stereocenters. The van der Waals surface area contributed by atoms with Crippen LogP contribution in [-0.4, -0.2) is 6.41 Å². The second-order valence-corrected chi connectivity index (χ2v) is 5.26. The highest BCUT2D eigenvalue weighted by Gasteiger charge is 2.05. The second-order valence-electron chi connectivity index (χ2n) is 5.26. The van der Waals surface area contributed by atoms with E-state index in [0.717, 1.165) is 42.5 Å². The molecule has 0 aromatic carbocycles. The van der Waals surface area contributed by atoms with Crippen molar-refractivity contribution in [3.8, 4) is 0 Å². The summed E-state index contributed by atoms with van der Waals surface area (Å²) < 4.78 is 0. The molecule has 0 saturated carbocycles. The van der Waals surface area contributed by atoms with Gasteiger partial charge in [-0.05, 0) is 49.3 Å². The summed E-state index contributed by atoms with van der Waals surface area (Å²) in [5.74, 6) is 0. The molecule has 1 aliphatic rings. The molecule has 0 aromatic heterocycles. The van der Waals surface area contributed by atoms with Crippen molar-refractivity contribution in [1.82, 2.24) is 5.32 Å². The van der Waals surface area contributed by atoms with Crippen molar-refractivity contribution in [2.24, 2.45) is 0 Å². The van der Waals surface area contributed by atoms with Crippen LogP contribution in [0.3, 0.4) is 0 Å². The van der Waals surface area contributed by atoms with Crippen LogP contribution in [0.1, 0.15) is 46.0 Å². The first-order chi connectivity index (χ1) is 10.8. The van der Waals surface area contributed by atoms with Gasteiger partial charge < -0.3 is 5.32 Å². The number of allylic oxidation sites excluding steroid dienone is 11. The van der Waals surface area contributed by atoms with E-state index in [0.29, 0.717) is 0 Å². The Kier molecular flexibility index (Phi) is 8.66. The first-order valence-electron chi connectivity index (χ1n) is 8.03. The molecule has 0 radical (unpaired) electrons. The van der Waals surface area contributed by atoms with E-state index in [1.807, 2.05) is 13.0 Å². The number of rotatable bonds is 9. The lowest BCUT2D eigenvalue weighted by Gasteiger charge is -2.12. The summed E-state index contributed by atoms with van der Waals surface area (Å²) in [7, 11) is 0. The minimum absolute atomic E-state index is 0.749. The van der Waals surface area contributed by atoms with E-state index in [-0.39, 0.29) is 0 Å². The van der Waals surface area contributed by atoms with Gasteiger partial charge in [0.05, 0.1) is 0 Å². The van der Waals surface area contributed by atoms with Gasteiger partial charge in [-0.2, -0.15) is 0 Å². The smallest absolute Gasteiger partial charge is 0.211 e. The quantitative estimate of drug-likeness (QED) is 0.463. The lowest BCUT2D eigenvalue weighted by atomic mass is 9.98. The fraction of sp³-hybridized carbons (Fsp3) is 0.350. The van der Waals surface area contributed by atoms with E-state index in [1.165, 1.54) is 18.4 Å². The van der Waals surface area contributed by atoms with Gasteiger partial charge in [-0.15, -0.1) is 0 Å². The van der Waals surface area contributed by atoms with Crippen molar-refractivity contribution in [1.29, 1.82) is 0 Å². The fourth-order valence-electron chi connectivity index (χ4n) is 2.44. The predicted molar refractivity (Wildman–Crippen MR) is 95.3 cm³/mol. The highest BCUT2D eigenvalue weighted by Crippen LogP contribution is 2.21. The molecular formula is C20H27NO.